The number of carbonyl (C=O) groups excluding carboxylic acids is 3. The summed E-state index contributed by atoms with van der Waals surface area (Å²) in [6.07, 6.45) is 10.4. The fourth-order valence-corrected chi connectivity index (χ4v) is 11.4. The second-order valence-corrected chi connectivity index (χ2v) is 22.6. The summed E-state index contributed by atoms with van der Waals surface area (Å²) in [5, 5.41) is 4.78. The molecule has 402 valence electrons. The van der Waals surface area contributed by atoms with E-state index in [0.29, 0.717) is 79.7 Å². The van der Waals surface area contributed by atoms with Crippen LogP contribution in [-0.2, 0) is 14.3 Å². The fraction of sp³-hybridized carbons (Fsp3) is 0.464. The number of carbonyl (C=O) groups is 3. The van der Waals surface area contributed by atoms with Gasteiger partial charge in [-0.3, -0.25) is 28.9 Å². The van der Waals surface area contributed by atoms with E-state index in [1.54, 1.807) is 37.5 Å². The largest absolute Gasteiger partial charge is 0.466 e. The summed E-state index contributed by atoms with van der Waals surface area (Å²) in [5.41, 5.74) is 2.08. The molecule has 13 nitrogen and oxygen atoms in total. The van der Waals surface area contributed by atoms with Crippen molar-refractivity contribution in [2.75, 3.05) is 88.8 Å². The zero-order valence-corrected chi connectivity index (χ0v) is 45.4. The third kappa shape index (κ3) is 16.3. The Hall–Kier alpha value is -5.40. The third-order valence-corrected chi connectivity index (χ3v) is 15.9. The SMILES string of the molecule is CCOC(=O)CCCCCC(=O)N1CCN(CCCNc2ccc(SNC(=O)c3ccc(N4CCN(CC5=C(c6ccc(Cl)cc6)CC(C)(C)CC5)CC4)cc3Oc3cnc4[nH]ccc4c3)cc2SC(F)(F)F)CC1. The van der Waals surface area contributed by atoms with Crippen LogP contribution in [0.5, 0.6) is 11.5 Å². The molecule has 4 heterocycles. The van der Waals surface area contributed by atoms with Crippen molar-refractivity contribution in [1.82, 2.24) is 29.4 Å². The molecule has 19 heteroatoms. The minimum atomic E-state index is -4.53. The lowest BCUT2D eigenvalue weighted by Crippen LogP contribution is -2.48. The molecule has 0 radical (unpaired) electrons. The Morgan fingerprint density at radius 1 is 0.867 bits per heavy atom. The standard InChI is InChI=1S/C56H68ClF3N8O5S2/c1-4-72-52(70)10-7-5-6-9-51(69)68-31-25-65(26-32-68)24-8-22-61-48-18-16-45(35-50(48)74-56(58,59)60)75-64-54(71)46-17-15-43(34-49(46)73-44-33-40-20-23-62-53(40)63-37-44)67-29-27-66(28-30-67)38-41-19-21-55(2,3)36-47(41)39-11-13-42(57)14-12-39/h11-18,20,23,33-35,37,61H,4-10,19,21-22,24-32,36,38H2,1-3H3,(H,62,63)(H,64,71). The molecule has 3 aliphatic rings. The average molecular weight is 1090 g/mol. The molecule has 3 aromatic carbocycles. The van der Waals surface area contributed by atoms with E-state index < -0.39 is 11.4 Å². The molecule has 2 fully saturated rings. The van der Waals surface area contributed by atoms with Crippen LogP contribution in [0.3, 0.4) is 0 Å². The number of H-pyrrole nitrogens is 1. The van der Waals surface area contributed by atoms with Crippen LogP contribution in [0.15, 0.2) is 101 Å². The molecule has 1 aliphatic carbocycles. The van der Waals surface area contributed by atoms with Crippen molar-refractivity contribution >= 4 is 81.1 Å². The highest BCUT2D eigenvalue weighted by Gasteiger charge is 2.32. The Morgan fingerprint density at radius 2 is 1.63 bits per heavy atom. The number of benzene rings is 3. The van der Waals surface area contributed by atoms with Crippen molar-refractivity contribution in [2.24, 2.45) is 5.41 Å². The maximum Gasteiger partial charge on any atom is 0.446 e. The zero-order chi connectivity index (χ0) is 53.0. The average Bonchev–Trinajstić information content (AvgIpc) is 3.86. The van der Waals surface area contributed by atoms with Crippen molar-refractivity contribution in [3.8, 4) is 11.5 Å². The van der Waals surface area contributed by atoms with Gasteiger partial charge in [-0.2, -0.15) is 13.2 Å². The summed E-state index contributed by atoms with van der Waals surface area (Å²) < 4.78 is 56.0. The number of anilines is 2. The molecule has 75 heavy (non-hydrogen) atoms. The lowest BCUT2D eigenvalue weighted by molar-refractivity contribution is -0.143. The molecule has 0 bridgehead atoms. The van der Waals surface area contributed by atoms with E-state index in [0.717, 1.165) is 113 Å². The van der Waals surface area contributed by atoms with E-state index in [-0.39, 0.29) is 39.5 Å². The highest BCUT2D eigenvalue weighted by molar-refractivity contribution is 8.00. The number of esters is 1. The summed E-state index contributed by atoms with van der Waals surface area (Å²) in [5.74, 6) is 0.221. The number of nitrogens with zero attached hydrogens (tertiary/aromatic N) is 5. The topological polar surface area (TPSA) is 135 Å². The summed E-state index contributed by atoms with van der Waals surface area (Å²) in [4.78, 5) is 55.3. The minimum absolute atomic E-state index is 0.00250. The first-order valence-electron chi connectivity index (χ1n) is 26.0. The molecule has 3 N–H and O–H groups in total. The second-order valence-electron chi connectivity index (χ2n) is 20.2. The van der Waals surface area contributed by atoms with Gasteiger partial charge in [-0.15, -0.1) is 0 Å². The first kappa shape index (κ1) is 55.8. The predicted octanol–water partition coefficient (Wildman–Crippen LogP) is 12.3. The van der Waals surface area contributed by atoms with Crippen LogP contribution in [0.1, 0.15) is 94.5 Å². The van der Waals surface area contributed by atoms with Gasteiger partial charge in [0.05, 0.1) is 18.4 Å². The van der Waals surface area contributed by atoms with Crippen LogP contribution < -0.4 is 19.7 Å². The highest BCUT2D eigenvalue weighted by atomic mass is 35.5. The normalized spacial score (nSPS) is 16.6. The van der Waals surface area contributed by atoms with Gasteiger partial charge in [-0.25, -0.2) is 4.98 Å². The molecule has 2 aromatic heterocycles. The number of pyridine rings is 1. The lowest BCUT2D eigenvalue weighted by Gasteiger charge is -2.39. The molecule has 2 saturated heterocycles. The van der Waals surface area contributed by atoms with Gasteiger partial charge in [0, 0.05) is 122 Å². The molecular weight excluding hydrogens is 1020 g/mol. The second kappa shape index (κ2) is 26.1. The van der Waals surface area contributed by atoms with Crippen molar-refractivity contribution in [2.45, 2.75) is 93.9 Å². The van der Waals surface area contributed by atoms with Gasteiger partial charge < -0.3 is 29.6 Å². The van der Waals surface area contributed by atoms with Crippen LogP contribution in [0, 0.1) is 5.41 Å². The van der Waals surface area contributed by atoms with Gasteiger partial charge in [0.25, 0.3) is 5.91 Å². The summed E-state index contributed by atoms with van der Waals surface area (Å²) in [6, 6.07) is 22.2. The molecule has 0 saturated carbocycles. The Balaban J connectivity index is 0.863. The smallest absolute Gasteiger partial charge is 0.446 e. The van der Waals surface area contributed by atoms with E-state index in [1.807, 2.05) is 41.3 Å². The molecule has 5 aromatic rings. The van der Waals surface area contributed by atoms with Crippen LogP contribution in [0.2, 0.25) is 5.02 Å². The Morgan fingerprint density at radius 3 is 2.39 bits per heavy atom. The molecule has 2 amide bonds. The lowest BCUT2D eigenvalue weighted by atomic mass is 9.72. The Bertz CT molecular complexity index is 2780. The van der Waals surface area contributed by atoms with Gasteiger partial charge in [0.15, 0.2) is 0 Å². The van der Waals surface area contributed by atoms with E-state index in [1.165, 1.54) is 22.8 Å². The number of unbranched alkanes of at least 4 members (excludes halogenated alkanes) is 2. The molecule has 0 atom stereocenters. The van der Waals surface area contributed by atoms with E-state index in [9.17, 15) is 27.6 Å². The van der Waals surface area contributed by atoms with Crippen molar-refractivity contribution in [3.05, 3.63) is 107 Å². The molecule has 8 rings (SSSR count). The number of hydrogen-bond acceptors (Lipinski definition) is 12. The van der Waals surface area contributed by atoms with Crippen molar-refractivity contribution in [3.63, 3.8) is 0 Å². The number of halogens is 4. The molecule has 2 aliphatic heterocycles. The van der Waals surface area contributed by atoms with Gasteiger partial charge in [0.1, 0.15) is 17.1 Å². The maximum absolute atomic E-state index is 14.0. The van der Waals surface area contributed by atoms with Crippen molar-refractivity contribution < 1.29 is 37.0 Å². The summed E-state index contributed by atoms with van der Waals surface area (Å²) in [6.45, 7) is 14.9. The van der Waals surface area contributed by atoms with E-state index >= 15 is 0 Å². The minimum Gasteiger partial charge on any atom is -0.466 e. The number of fused-ring (bicyclic) bond motifs is 1. The predicted molar refractivity (Wildman–Crippen MR) is 295 cm³/mol. The van der Waals surface area contributed by atoms with Crippen LogP contribution in [-0.4, -0.2) is 127 Å². The number of allylic oxidation sites excluding steroid dienone is 1. The summed E-state index contributed by atoms with van der Waals surface area (Å²) >= 11 is 7.00. The number of aromatic amines is 1. The number of piperazine rings is 2. The Kier molecular flexibility index (Phi) is 19.4. The number of hydrogen-bond donors (Lipinski definition) is 3. The third-order valence-electron chi connectivity index (χ3n) is 14.1. The van der Waals surface area contributed by atoms with E-state index in [4.69, 9.17) is 21.1 Å². The van der Waals surface area contributed by atoms with Crippen LogP contribution in [0.25, 0.3) is 16.6 Å². The number of ether oxygens (including phenoxy) is 2. The van der Waals surface area contributed by atoms with Crippen LogP contribution in [0.4, 0.5) is 24.5 Å². The first-order valence-corrected chi connectivity index (χ1v) is 28.0. The number of aromatic nitrogens is 2. The van der Waals surface area contributed by atoms with E-state index in [2.05, 4.69) is 60.7 Å². The number of nitrogens with one attached hydrogen (secondary N) is 3. The molecular formula is C56H68ClF3N8O5S2. The number of thioether (sulfide) groups is 1. The monoisotopic (exact) mass is 1090 g/mol. The van der Waals surface area contributed by atoms with Gasteiger partial charge in [0.2, 0.25) is 5.91 Å². The van der Waals surface area contributed by atoms with Gasteiger partial charge >= 0.3 is 11.5 Å². The number of rotatable bonds is 22. The Labute approximate surface area is 451 Å². The molecule has 0 spiro atoms. The first-order chi connectivity index (χ1) is 36.1. The van der Waals surface area contributed by atoms with Gasteiger partial charge in [-0.05, 0) is 147 Å². The quantitative estimate of drug-likeness (QED) is 0.0263. The van der Waals surface area contributed by atoms with Crippen molar-refractivity contribution in [1.29, 1.82) is 0 Å². The van der Waals surface area contributed by atoms with Gasteiger partial charge in [-0.1, -0.05) is 49.6 Å². The highest BCUT2D eigenvalue weighted by Crippen LogP contribution is 2.44. The molecule has 0 unspecified atom stereocenters. The summed E-state index contributed by atoms with van der Waals surface area (Å²) in [7, 11) is 0. The number of amides is 2. The fourth-order valence-electron chi connectivity index (χ4n) is 9.92. The number of alkyl halides is 3. The van der Waals surface area contributed by atoms with Crippen LogP contribution >= 0.6 is 35.3 Å². The zero-order valence-electron chi connectivity index (χ0n) is 43.0. The maximum atomic E-state index is 14.0.